The number of rotatable bonds is 4. The highest BCUT2D eigenvalue weighted by atomic mass is 16.6. The van der Waals surface area contributed by atoms with Crippen molar-refractivity contribution in [3.63, 3.8) is 0 Å². The van der Waals surface area contributed by atoms with E-state index >= 15 is 0 Å². The van der Waals surface area contributed by atoms with Gasteiger partial charge in [-0.15, -0.1) is 0 Å². The highest BCUT2D eigenvalue weighted by Crippen LogP contribution is 2.39. The molecule has 23 heavy (non-hydrogen) atoms. The van der Waals surface area contributed by atoms with E-state index < -0.39 is 11.7 Å². The van der Waals surface area contributed by atoms with E-state index in [0.29, 0.717) is 24.4 Å². The Hall–Kier alpha value is -1.26. The summed E-state index contributed by atoms with van der Waals surface area (Å²) in [7, 11) is 0. The third-order valence-electron chi connectivity index (χ3n) is 4.42. The van der Waals surface area contributed by atoms with Gasteiger partial charge in [0.2, 0.25) is 5.91 Å². The van der Waals surface area contributed by atoms with Crippen LogP contribution in [-0.4, -0.2) is 30.7 Å². The Balaban J connectivity index is 2.20. The molecule has 0 aromatic heterocycles. The first-order valence-corrected chi connectivity index (χ1v) is 8.73. The largest absolute Gasteiger partial charge is 0.444 e. The smallest absolute Gasteiger partial charge is 0.407 e. The molecule has 0 saturated heterocycles. The molecule has 2 N–H and O–H groups in total. The molecule has 1 rings (SSSR count). The van der Waals surface area contributed by atoms with E-state index in [2.05, 4.69) is 31.4 Å². The predicted octanol–water partition coefficient (Wildman–Crippen LogP) is 3.48. The molecule has 0 heterocycles. The van der Waals surface area contributed by atoms with Gasteiger partial charge in [0.15, 0.2) is 0 Å². The minimum Gasteiger partial charge on any atom is -0.444 e. The van der Waals surface area contributed by atoms with Crippen LogP contribution in [-0.2, 0) is 9.53 Å². The number of hydrogen-bond acceptors (Lipinski definition) is 3. The number of hydrogen-bond donors (Lipinski definition) is 2. The number of nitrogens with one attached hydrogen (secondary N) is 2. The molecule has 0 spiro atoms. The molecule has 1 saturated carbocycles. The van der Waals surface area contributed by atoms with Crippen molar-refractivity contribution in [1.82, 2.24) is 10.6 Å². The lowest BCUT2D eigenvalue weighted by molar-refractivity contribution is -0.126. The standard InChI is InChI=1S/C18H34N2O3/c1-17(2,3)14-9-7-13(8-10-14)15(21)19-11-12-20-16(22)23-18(4,5)6/h13-14H,7-12H2,1-6H3,(H,19,21)(H,20,22). The van der Waals surface area contributed by atoms with E-state index in [1.54, 1.807) is 0 Å². The first-order chi connectivity index (χ1) is 10.5. The van der Waals surface area contributed by atoms with Gasteiger partial charge in [-0.1, -0.05) is 20.8 Å². The van der Waals surface area contributed by atoms with Crippen LogP contribution < -0.4 is 10.6 Å². The zero-order chi connectivity index (χ0) is 17.7. The molecule has 1 aliphatic carbocycles. The van der Waals surface area contributed by atoms with Crippen molar-refractivity contribution in [2.75, 3.05) is 13.1 Å². The van der Waals surface area contributed by atoms with Gasteiger partial charge in [0.1, 0.15) is 5.60 Å². The monoisotopic (exact) mass is 326 g/mol. The van der Waals surface area contributed by atoms with Crippen molar-refractivity contribution in [3.8, 4) is 0 Å². The Morgan fingerprint density at radius 3 is 1.91 bits per heavy atom. The Bertz CT molecular complexity index is 399. The maximum Gasteiger partial charge on any atom is 0.407 e. The maximum atomic E-state index is 12.2. The Morgan fingerprint density at radius 2 is 1.43 bits per heavy atom. The summed E-state index contributed by atoms with van der Waals surface area (Å²) in [6, 6.07) is 0. The lowest BCUT2D eigenvalue weighted by atomic mass is 9.70. The summed E-state index contributed by atoms with van der Waals surface area (Å²) in [4.78, 5) is 23.7. The Labute approximate surface area is 140 Å². The summed E-state index contributed by atoms with van der Waals surface area (Å²) in [6.45, 7) is 13.1. The van der Waals surface area contributed by atoms with Crippen LogP contribution in [0.1, 0.15) is 67.2 Å². The third kappa shape index (κ3) is 7.71. The quantitative estimate of drug-likeness (QED) is 0.777. The lowest BCUT2D eigenvalue weighted by Crippen LogP contribution is -2.40. The van der Waals surface area contributed by atoms with E-state index in [9.17, 15) is 9.59 Å². The van der Waals surface area contributed by atoms with Crippen LogP contribution in [0.3, 0.4) is 0 Å². The molecular weight excluding hydrogens is 292 g/mol. The number of carbonyl (C=O) groups excluding carboxylic acids is 2. The summed E-state index contributed by atoms with van der Waals surface area (Å²) in [5.41, 5.74) is -0.169. The van der Waals surface area contributed by atoms with Crippen molar-refractivity contribution >= 4 is 12.0 Å². The molecule has 0 aromatic carbocycles. The van der Waals surface area contributed by atoms with Crippen LogP contribution in [0.15, 0.2) is 0 Å². The van der Waals surface area contributed by atoms with Gasteiger partial charge in [-0.25, -0.2) is 4.79 Å². The fraction of sp³-hybridized carbons (Fsp3) is 0.889. The second-order valence-corrected chi connectivity index (χ2v) is 8.63. The summed E-state index contributed by atoms with van der Waals surface area (Å²) in [5.74, 6) is 0.943. The summed E-state index contributed by atoms with van der Waals surface area (Å²) >= 11 is 0. The van der Waals surface area contributed by atoms with Gasteiger partial charge in [-0.2, -0.15) is 0 Å². The third-order valence-corrected chi connectivity index (χ3v) is 4.42. The Morgan fingerprint density at radius 1 is 0.913 bits per heavy atom. The van der Waals surface area contributed by atoms with Crippen molar-refractivity contribution < 1.29 is 14.3 Å². The minimum absolute atomic E-state index is 0.114. The van der Waals surface area contributed by atoms with Crippen molar-refractivity contribution in [3.05, 3.63) is 0 Å². The molecule has 0 radical (unpaired) electrons. The van der Waals surface area contributed by atoms with Crippen LogP contribution in [0, 0.1) is 17.3 Å². The molecule has 1 fully saturated rings. The van der Waals surface area contributed by atoms with Gasteiger partial charge in [-0.3, -0.25) is 4.79 Å². The lowest BCUT2D eigenvalue weighted by Gasteiger charge is -2.36. The van der Waals surface area contributed by atoms with E-state index in [4.69, 9.17) is 4.74 Å². The van der Waals surface area contributed by atoms with Crippen molar-refractivity contribution in [2.24, 2.45) is 17.3 Å². The molecule has 134 valence electrons. The number of alkyl carbamates (subject to hydrolysis) is 1. The van der Waals surface area contributed by atoms with Gasteiger partial charge < -0.3 is 15.4 Å². The molecule has 2 amide bonds. The zero-order valence-corrected chi connectivity index (χ0v) is 15.6. The number of carbonyl (C=O) groups is 2. The van der Waals surface area contributed by atoms with Gasteiger partial charge in [0, 0.05) is 19.0 Å². The van der Waals surface area contributed by atoms with E-state index in [1.807, 2.05) is 20.8 Å². The number of ether oxygens (including phenoxy) is 1. The van der Waals surface area contributed by atoms with Crippen molar-refractivity contribution in [2.45, 2.75) is 72.8 Å². The van der Waals surface area contributed by atoms with Crippen LogP contribution in [0.5, 0.6) is 0 Å². The van der Waals surface area contributed by atoms with Gasteiger partial charge in [0.05, 0.1) is 0 Å². The van der Waals surface area contributed by atoms with Gasteiger partial charge in [-0.05, 0) is 57.8 Å². The van der Waals surface area contributed by atoms with Gasteiger partial charge >= 0.3 is 6.09 Å². The molecule has 5 heteroatoms. The van der Waals surface area contributed by atoms with Crippen LogP contribution in [0.2, 0.25) is 0 Å². The second-order valence-electron chi connectivity index (χ2n) is 8.63. The van der Waals surface area contributed by atoms with E-state index in [-0.39, 0.29) is 11.8 Å². The van der Waals surface area contributed by atoms with Crippen LogP contribution >= 0.6 is 0 Å². The first kappa shape index (κ1) is 19.8. The molecule has 0 unspecified atom stereocenters. The molecule has 5 nitrogen and oxygen atoms in total. The molecule has 1 aliphatic rings. The molecule has 0 bridgehead atoms. The minimum atomic E-state index is -0.501. The van der Waals surface area contributed by atoms with Gasteiger partial charge in [0.25, 0.3) is 0 Å². The fourth-order valence-corrected chi connectivity index (χ4v) is 3.03. The zero-order valence-electron chi connectivity index (χ0n) is 15.6. The summed E-state index contributed by atoms with van der Waals surface area (Å²) < 4.78 is 5.14. The number of amides is 2. The Kier molecular flexibility index (Phi) is 6.90. The van der Waals surface area contributed by atoms with Crippen molar-refractivity contribution in [1.29, 1.82) is 0 Å². The first-order valence-electron chi connectivity index (χ1n) is 8.73. The highest BCUT2D eigenvalue weighted by Gasteiger charge is 2.32. The summed E-state index contributed by atoms with van der Waals surface area (Å²) in [5, 5.41) is 5.56. The predicted molar refractivity (Wildman–Crippen MR) is 92.1 cm³/mol. The topological polar surface area (TPSA) is 67.4 Å². The molecule has 0 atom stereocenters. The van der Waals surface area contributed by atoms with Crippen LogP contribution in [0.4, 0.5) is 4.79 Å². The van der Waals surface area contributed by atoms with E-state index in [1.165, 1.54) is 0 Å². The fourth-order valence-electron chi connectivity index (χ4n) is 3.03. The molecular formula is C18H34N2O3. The average Bonchev–Trinajstić information content (AvgIpc) is 2.40. The second kappa shape index (κ2) is 8.02. The molecule has 0 aromatic rings. The average molecular weight is 326 g/mol. The SMILES string of the molecule is CC(C)(C)OC(=O)NCCNC(=O)C1CCC(C(C)(C)C)CC1. The normalized spacial score (nSPS) is 22.3. The van der Waals surface area contributed by atoms with E-state index in [0.717, 1.165) is 25.7 Å². The summed E-state index contributed by atoms with van der Waals surface area (Å²) in [6.07, 6.45) is 3.73. The highest BCUT2D eigenvalue weighted by molar-refractivity contribution is 5.78. The maximum absolute atomic E-state index is 12.2. The van der Waals surface area contributed by atoms with Crippen LogP contribution in [0.25, 0.3) is 0 Å². The molecule has 0 aliphatic heterocycles.